The van der Waals surface area contributed by atoms with Crippen LogP contribution in [-0.2, 0) is 17.2 Å². The van der Waals surface area contributed by atoms with Gasteiger partial charge < -0.3 is 5.11 Å². The Morgan fingerprint density at radius 3 is 2.13 bits per heavy atom. The summed E-state index contributed by atoms with van der Waals surface area (Å²) in [4.78, 5) is -0.0666. The summed E-state index contributed by atoms with van der Waals surface area (Å²) in [5, 5.41) is 10.6. The van der Waals surface area contributed by atoms with E-state index in [1.54, 1.807) is 18.2 Å². The van der Waals surface area contributed by atoms with E-state index in [0.29, 0.717) is 5.75 Å². The zero-order chi connectivity index (χ0) is 17.0. The fourth-order valence-electron chi connectivity index (χ4n) is 2.13. The molecule has 2 aromatic carbocycles. The van der Waals surface area contributed by atoms with Crippen molar-refractivity contribution in [2.45, 2.75) is 11.8 Å². The van der Waals surface area contributed by atoms with E-state index in [2.05, 4.69) is 0 Å². The Morgan fingerprint density at radius 1 is 0.957 bits per heavy atom. The number of phenols is 1. The van der Waals surface area contributed by atoms with Crippen LogP contribution in [0.25, 0.3) is 10.9 Å². The smallest absolute Gasteiger partial charge is 0.294 e. The van der Waals surface area contributed by atoms with Gasteiger partial charge in [0.25, 0.3) is 15.6 Å². The minimum Gasteiger partial charge on any atom is -0.502 e. The zero-order valence-corrected chi connectivity index (χ0v) is 13.7. The van der Waals surface area contributed by atoms with Crippen molar-refractivity contribution in [2.24, 2.45) is 7.05 Å². The molecule has 3 aromatic rings. The molecular formula is C17H18NO4S+. The zero-order valence-electron chi connectivity index (χ0n) is 12.8. The number of pyridine rings is 1. The normalized spacial score (nSPS) is 10.9. The molecule has 0 bridgehead atoms. The van der Waals surface area contributed by atoms with E-state index in [1.165, 1.54) is 12.1 Å². The second-order valence-electron chi connectivity index (χ2n) is 5.12. The standard InChI is InChI=1S/C10H9NO.C7H8O3S/c1-11-7-3-5-8-4-2-6-9(12)10(8)11;1-6-2-4-7(5-3-6)11(8,9)10/h2-7H,1H3;2-5H,1H3,(H,8,9,10)/p+1. The molecule has 3 rings (SSSR count). The van der Waals surface area contributed by atoms with E-state index in [0.717, 1.165) is 16.5 Å². The third-order valence-corrected chi connectivity index (χ3v) is 4.17. The second kappa shape index (κ2) is 6.76. The maximum atomic E-state index is 10.5. The van der Waals surface area contributed by atoms with E-state index in [4.69, 9.17) is 4.55 Å². The fourth-order valence-corrected chi connectivity index (χ4v) is 2.61. The number of benzene rings is 2. The van der Waals surface area contributed by atoms with Crippen molar-refractivity contribution < 1.29 is 22.6 Å². The molecule has 23 heavy (non-hydrogen) atoms. The van der Waals surface area contributed by atoms with Gasteiger partial charge in [-0.25, -0.2) is 0 Å². The Bertz CT molecular complexity index is 882. The summed E-state index contributed by atoms with van der Waals surface area (Å²) in [6.07, 6.45) is 1.92. The van der Waals surface area contributed by atoms with Crippen molar-refractivity contribution in [3.05, 3.63) is 66.4 Å². The van der Waals surface area contributed by atoms with Crippen molar-refractivity contribution in [1.82, 2.24) is 0 Å². The molecular weight excluding hydrogens is 314 g/mol. The molecule has 2 N–H and O–H groups in total. The number of hydrogen-bond donors (Lipinski definition) is 2. The van der Waals surface area contributed by atoms with Crippen molar-refractivity contribution in [1.29, 1.82) is 0 Å². The first kappa shape index (κ1) is 16.9. The van der Waals surface area contributed by atoms with Gasteiger partial charge in [-0.15, -0.1) is 0 Å². The number of aromatic hydroxyl groups is 1. The highest BCUT2D eigenvalue weighted by Gasteiger charge is 2.08. The summed E-state index contributed by atoms with van der Waals surface area (Å²) in [6, 6.07) is 15.5. The van der Waals surface area contributed by atoms with Crippen LogP contribution in [0.5, 0.6) is 5.75 Å². The first-order valence-electron chi connectivity index (χ1n) is 6.89. The second-order valence-corrected chi connectivity index (χ2v) is 6.54. The Labute approximate surface area is 135 Å². The number of aromatic nitrogens is 1. The molecule has 0 fully saturated rings. The Hall–Kier alpha value is -2.44. The van der Waals surface area contributed by atoms with Crippen LogP contribution in [0.3, 0.4) is 0 Å². The molecule has 0 aliphatic rings. The molecule has 0 atom stereocenters. The molecule has 0 spiro atoms. The van der Waals surface area contributed by atoms with Crippen LogP contribution in [0.2, 0.25) is 0 Å². The number of phenolic OH excluding ortho intramolecular Hbond substituents is 1. The van der Waals surface area contributed by atoms with Crippen molar-refractivity contribution in [3.63, 3.8) is 0 Å². The van der Waals surface area contributed by atoms with Gasteiger partial charge in [0, 0.05) is 6.07 Å². The van der Waals surface area contributed by atoms with Gasteiger partial charge in [0.2, 0.25) is 0 Å². The topological polar surface area (TPSA) is 78.5 Å². The number of para-hydroxylation sites is 1. The lowest BCUT2D eigenvalue weighted by Crippen LogP contribution is -2.27. The SMILES string of the molecule is C[n+]1cccc2cccc(O)c21.Cc1ccc(S(=O)(=O)O)cc1. The molecule has 120 valence electrons. The number of aryl methyl sites for hydroxylation is 2. The molecule has 0 aliphatic carbocycles. The van der Waals surface area contributed by atoms with Crippen LogP contribution in [0.15, 0.2) is 65.7 Å². The molecule has 0 unspecified atom stereocenters. The summed E-state index contributed by atoms with van der Waals surface area (Å²) < 4.78 is 31.5. The maximum absolute atomic E-state index is 10.5. The van der Waals surface area contributed by atoms with Gasteiger partial charge >= 0.3 is 0 Å². The monoisotopic (exact) mass is 332 g/mol. The van der Waals surface area contributed by atoms with Crippen LogP contribution in [0.4, 0.5) is 0 Å². The van der Waals surface area contributed by atoms with Gasteiger partial charge in [0.1, 0.15) is 7.05 Å². The third kappa shape index (κ3) is 4.28. The Kier molecular flexibility index (Phi) is 4.98. The predicted molar refractivity (Wildman–Crippen MR) is 87.8 cm³/mol. The molecule has 6 heteroatoms. The lowest BCUT2D eigenvalue weighted by atomic mass is 10.2. The van der Waals surface area contributed by atoms with Crippen molar-refractivity contribution in [3.8, 4) is 5.75 Å². The molecule has 1 aromatic heterocycles. The van der Waals surface area contributed by atoms with Crippen LogP contribution in [-0.4, -0.2) is 18.1 Å². The van der Waals surface area contributed by atoms with Crippen molar-refractivity contribution >= 4 is 21.0 Å². The minimum atomic E-state index is -4.02. The quantitative estimate of drug-likeness (QED) is 0.530. The summed E-state index contributed by atoms with van der Waals surface area (Å²) in [5.74, 6) is 0.329. The van der Waals surface area contributed by atoms with Gasteiger partial charge in [-0.05, 0) is 37.3 Å². The van der Waals surface area contributed by atoms with Crippen LogP contribution < -0.4 is 4.57 Å². The highest BCUT2D eigenvalue weighted by Crippen LogP contribution is 2.19. The van der Waals surface area contributed by atoms with Crippen LogP contribution in [0, 0.1) is 6.92 Å². The molecule has 0 aliphatic heterocycles. The van der Waals surface area contributed by atoms with Crippen LogP contribution in [0.1, 0.15) is 5.56 Å². The Morgan fingerprint density at radius 2 is 1.57 bits per heavy atom. The highest BCUT2D eigenvalue weighted by molar-refractivity contribution is 7.85. The van der Waals surface area contributed by atoms with E-state index in [-0.39, 0.29) is 4.90 Å². The average molecular weight is 332 g/mol. The van der Waals surface area contributed by atoms with Crippen LogP contribution >= 0.6 is 0 Å². The van der Waals surface area contributed by atoms with Gasteiger partial charge in [-0.3, -0.25) is 4.55 Å². The summed E-state index contributed by atoms with van der Waals surface area (Å²) >= 11 is 0. The van der Waals surface area contributed by atoms with E-state index >= 15 is 0 Å². The summed E-state index contributed by atoms with van der Waals surface area (Å²) in [7, 11) is -2.10. The van der Waals surface area contributed by atoms with Gasteiger partial charge in [0.05, 0.1) is 10.3 Å². The van der Waals surface area contributed by atoms with Crippen molar-refractivity contribution in [2.75, 3.05) is 0 Å². The summed E-state index contributed by atoms with van der Waals surface area (Å²) in [6.45, 7) is 1.84. The minimum absolute atomic E-state index is 0.0666. The highest BCUT2D eigenvalue weighted by atomic mass is 32.2. The van der Waals surface area contributed by atoms with E-state index in [9.17, 15) is 13.5 Å². The number of rotatable bonds is 1. The van der Waals surface area contributed by atoms with Gasteiger partial charge in [-0.1, -0.05) is 23.8 Å². The Balaban J connectivity index is 0.000000168. The molecule has 1 heterocycles. The lowest BCUT2D eigenvalue weighted by Gasteiger charge is -1.96. The fraction of sp³-hybridized carbons (Fsp3) is 0.118. The number of nitrogens with zero attached hydrogens (tertiary/aromatic N) is 1. The molecule has 0 amide bonds. The third-order valence-electron chi connectivity index (χ3n) is 3.30. The average Bonchev–Trinajstić information content (AvgIpc) is 2.48. The van der Waals surface area contributed by atoms with E-state index < -0.39 is 10.1 Å². The first-order valence-corrected chi connectivity index (χ1v) is 8.33. The van der Waals surface area contributed by atoms with Gasteiger partial charge in [0.15, 0.2) is 11.9 Å². The largest absolute Gasteiger partial charge is 0.502 e. The molecule has 5 nitrogen and oxygen atoms in total. The lowest BCUT2D eigenvalue weighted by molar-refractivity contribution is -0.645. The van der Waals surface area contributed by atoms with E-state index in [1.807, 2.05) is 49.0 Å². The molecule has 0 radical (unpaired) electrons. The number of fused-ring (bicyclic) bond motifs is 1. The van der Waals surface area contributed by atoms with Gasteiger partial charge in [-0.2, -0.15) is 13.0 Å². The first-order chi connectivity index (χ1) is 10.8. The number of hydrogen-bond acceptors (Lipinski definition) is 3. The molecule has 0 saturated heterocycles. The summed E-state index contributed by atoms with van der Waals surface area (Å²) in [5.41, 5.74) is 1.83. The maximum Gasteiger partial charge on any atom is 0.294 e. The predicted octanol–water partition coefficient (Wildman–Crippen LogP) is 2.61. The molecule has 0 saturated carbocycles.